The van der Waals surface area contributed by atoms with E-state index in [1.54, 1.807) is 0 Å². The smallest absolute Gasteiger partial charge is 0.345 e. The lowest BCUT2D eigenvalue weighted by Crippen LogP contribution is -2.37. The molecule has 3 rings (SSSR count). The second-order valence-corrected chi connectivity index (χ2v) is 8.60. The lowest BCUT2D eigenvalue weighted by molar-refractivity contribution is -0.380. The number of thiazole rings is 1. The Morgan fingerprint density at radius 1 is 1.39 bits per heavy atom. The Bertz CT molecular complexity index is 1090. The molecule has 11 heteroatoms. The third-order valence-corrected chi connectivity index (χ3v) is 5.93. The molecule has 1 aromatic heterocycles. The molecule has 31 heavy (non-hydrogen) atoms. The van der Waals surface area contributed by atoms with Gasteiger partial charge in [0.1, 0.15) is 17.6 Å². The maximum absolute atomic E-state index is 10.9. The molecule has 0 aliphatic carbocycles. The summed E-state index contributed by atoms with van der Waals surface area (Å²) in [6.07, 6.45) is 2.46. The molecule has 0 saturated heterocycles. The van der Waals surface area contributed by atoms with Gasteiger partial charge in [-0.15, -0.1) is 10.2 Å². The molecule has 164 valence electrons. The number of fused-ring (bicyclic) bond motifs is 1. The standard InChI is InChI=1S/C20H23N5O5S/c1-11-12-8-15(23-24-19-21-10-17(31-19)25(28)29)16(30-4)9-14(12)22-20(2,3)13(11)6-5-7-18(26)27/h8-10,22H,5-7H2,1-4H3,(H,26,27)/b24-23+. The molecular formula is C20H23N5O5S. The molecule has 0 radical (unpaired) electrons. The number of aromatic nitrogens is 1. The van der Waals surface area contributed by atoms with E-state index in [-0.39, 0.29) is 22.1 Å². The minimum Gasteiger partial charge on any atom is -0.494 e. The van der Waals surface area contributed by atoms with E-state index in [9.17, 15) is 14.9 Å². The average Bonchev–Trinajstić information content (AvgIpc) is 3.17. The van der Waals surface area contributed by atoms with Gasteiger partial charge in [0.05, 0.1) is 17.6 Å². The molecule has 1 aliphatic heterocycles. The number of nitro groups is 1. The Balaban J connectivity index is 1.97. The van der Waals surface area contributed by atoms with Gasteiger partial charge in [-0.1, -0.05) is 0 Å². The van der Waals surface area contributed by atoms with Gasteiger partial charge in [0.25, 0.3) is 0 Å². The van der Waals surface area contributed by atoms with E-state index in [0.29, 0.717) is 24.3 Å². The number of azo groups is 1. The van der Waals surface area contributed by atoms with Gasteiger partial charge < -0.3 is 15.2 Å². The van der Waals surface area contributed by atoms with Gasteiger partial charge in [-0.2, -0.15) is 0 Å². The maximum Gasteiger partial charge on any atom is 0.345 e. The third kappa shape index (κ3) is 4.88. The van der Waals surface area contributed by atoms with Crippen LogP contribution in [0.1, 0.15) is 45.6 Å². The van der Waals surface area contributed by atoms with Crippen molar-refractivity contribution in [3.63, 3.8) is 0 Å². The van der Waals surface area contributed by atoms with E-state index in [2.05, 4.69) is 34.4 Å². The van der Waals surface area contributed by atoms with Crippen molar-refractivity contribution in [3.8, 4) is 5.75 Å². The maximum atomic E-state index is 10.9. The number of nitrogens with one attached hydrogen (secondary N) is 1. The summed E-state index contributed by atoms with van der Waals surface area (Å²) < 4.78 is 5.46. The lowest BCUT2D eigenvalue weighted by Gasteiger charge is -2.38. The second-order valence-electron chi connectivity index (χ2n) is 7.61. The number of ether oxygens (including phenoxy) is 1. The first-order valence-electron chi connectivity index (χ1n) is 9.57. The van der Waals surface area contributed by atoms with Crippen molar-refractivity contribution in [3.05, 3.63) is 39.6 Å². The Kier molecular flexibility index (Phi) is 6.34. The number of hydrogen-bond acceptors (Lipinski definition) is 9. The molecule has 10 nitrogen and oxygen atoms in total. The summed E-state index contributed by atoms with van der Waals surface area (Å²) in [5.74, 6) is -0.311. The number of methoxy groups -OCH3 is 1. The van der Waals surface area contributed by atoms with Crippen LogP contribution in [0.25, 0.3) is 5.57 Å². The number of carboxylic acid groups (broad SMARTS) is 1. The summed E-state index contributed by atoms with van der Waals surface area (Å²) in [5.41, 5.74) is 4.10. The van der Waals surface area contributed by atoms with Crippen molar-refractivity contribution in [2.75, 3.05) is 12.4 Å². The first kappa shape index (κ1) is 22.3. The van der Waals surface area contributed by atoms with Crippen LogP contribution in [0.4, 0.5) is 21.5 Å². The van der Waals surface area contributed by atoms with Gasteiger partial charge >= 0.3 is 11.0 Å². The quantitative estimate of drug-likeness (QED) is 0.301. The number of nitrogens with zero attached hydrogens (tertiary/aromatic N) is 4. The monoisotopic (exact) mass is 445 g/mol. The summed E-state index contributed by atoms with van der Waals surface area (Å²) in [6.45, 7) is 6.13. The van der Waals surface area contributed by atoms with Crippen molar-refractivity contribution in [2.24, 2.45) is 10.2 Å². The Hall–Kier alpha value is -3.34. The highest BCUT2D eigenvalue weighted by atomic mass is 32.1. The van der Waals surface area contributed by atoms with Gasteiger partial charge in [-0.05, 0) is 62.2 Å². The number of allylic oxidation sites excluding steroid dienone is 1. The Morgan fingerprint density at radius 2 is 2.13 bits per heavy atom. The molecule has 0 atom stereocenters. The topological polar surface area (TPSA) is 139 Å². The highest BCUT2D eigenvalue weighted by Crippen LogP contribution is 2.45. The molecule has 0 fully saturated rings. The minimum absolute atomic E-state index is 0.109. The summed E-state index contributed by atoms with van der Waals surface area (Å²) >= 11 is 0.833. The van der Waals surface area contributed by atoms with Gasteiger partial charge in [-0.3, -0.25) is 14.9 Å². The van der Waals surface area contributed by atoms with E-state index >= 15 is 0 Å². The predicted octanol–water partition coefficient (Wildman–Crippen LogP) is 5.71. The molecule has 0 amide bonds. The Morgan fingerprint density at radius 3 is 2.74 bits per heavy atom. The van der Waals surface area contributed by atoms with Gasteiger partial charge in [-0.25, -0.2) is 4.98 Å². The number of anilines is 1. The van der Waals surface area contributed by atoms with E-state index in [1.165, 1.54) is 7.11 Å². The normalized spacial score (nSPS) is 15.0. The number of benzene rings is 1. The van der Waals surface area contributed by atoms with Crippen molar-refractivity contribution >= 4 is 44.4 Å². The van der Waals surface area contributed by atoms with Crippen LogP contribution in [-0.2, 0) is 4.79 Å². The van der Waals surface area contributed by atoms with Crippen molar-refractivity contribution in [1.82, 2.24) is 4.98 Å². The van der Waals surface area contributed by atoms with Crippen LogP contribution in [0.2, 0.25) is 0 Å². The van der Waals surface area contributed by atoms with Gasteiger partial charge in [0.15, 0.2) is 0 Å². The van der Waals surface area contributed by atoms with Crippen LogP contribution in [0.3, 0.4) is 0 Å². The summed E-state index contributed by atoms with van der Waals surface area (Å²) in [7, 11) is 1.53. The molecule has 0 saturated carbocycles. The van der Waals surface area contributed by atoms with E-state index in [1.807, 2.05) is 19.1 Å². The second kappa shape index (κ2) is 8.80. The fraction of sp³-hybridized carbons (Fsp3) is 0.400. The molecule has 2 aromatic rings. The highest BCUT2D eigenvalue weighted by Gasteiger charge is 2.31. The average molecular weight is 446 g/mol. The molecular weight excluding hydrogens is 422 g/mol. The van der Waals surface area contributed by atoms with Crippen LogP contribution in [0.5, 0.6) is 5.75 Å². The molecule has 0 spiro atoms. The van der Waals surface area contributed by atoms with Crippen molar-refractivity contribution < 1.29 is 19.6 Å². The van der Waals surface area contributed by atoms with Crippen LogP contribution in [0, 0.1) is 10.1 Å². The number of hydrogen-bond donors (Lipinski definition) is 2. The van der Waals surface area contributed by atoms with Crippen molar-refractivity contribution in [1.29, 1.82) is 0 Å². The molecule has 2 N–H and O–H groups in total. The summed E-state index contributed by atoms with van der Waals surface area (Å²) in [5, 5.41) is 31.6. The van der Waals surface area contributed by atoms with Crippen LogP contribution >= 0.6 is 11.3 Å². The highest BCUT2D eigenvalue weighted by molar-refractivity contribution is 7.18. The number of aliphatic carboxylic acids is 1. The first-order chi connectivity index (χ1) is 14.6. The van der Waals surface area contributed by atoms with E-state index in [0.717, 1.165) is 39.9 Å². The predicted molar refractivity (Wildman–Crippen MR) is 118 cm³/mol. The number of carboxylic acids is 1. The minimum atomic E-state index is -0.810. The SMILES string of the molecule is COc1cc2c(cc1/N=N/c1ncc([N+](=O)[O-])s1)C(C)=C(CCCC(=O)O)C(C)(C)N2. The summed E-state index contributed by atoms with van der Waals surface area (Å²) in [6, 6.07) is 3.68. The number of rotatable bonds is 8. The largest absolute Gasteiger partial charge is 0.494 e. The first-order valence-corrected chi connectivity index (χ1v) is 10.4. The zero-order chi connectivity index (χ0) is 22.8. The summed E-state index contributed by atoms with van der Waals surface area (Å²) in [4.78, 5) is 25.1. The lowest BCUT2D eigenvalue weighted by atomic mass is 9.80. The van der Waals surface area contributed by atoms with E-state index < -0.39 is 10.9 Å². The molecule has 0 bridgehead atoms. The van der Waals surface area contributed by atoms with Crippen LogP contribution in [0.15, 0.2) is 34.1 Å². The fourth-order valence-corrected chi connectivity index (χ4v) is 4.22. The number of carbonyl (C=O) groups is 1. The third-order valence-electron chi connectivity index (χ3n) is 5.10. The van der Waals surface area contributed by atoms with Gasteiger partial charge in [0, 0.05) is 23.7 Å². The Labute approximate surface area is 182 Å². The molecule has 1 aliphatic rings. The zero-order valence-electron chi connectivity index (χ0n) is 17.6. The van der Waals surface area contributed by atoms with Crippen LogP contribution in [-0.4, -0.2) is 33.6 Å². The fourth-order valence-electron chi connectivity index (χ4n) is 3.67. The van der Waals surface area contributed by atoms with Gasteiger partial charge in [0.2, 0.25) is 5.13 Å². The van der Waals surface area contributed by atoms with Crippen LogP contribution < -0.4 is 10.1 Å². The molecule has 0 unspecified atom stereocenters. The molecule has 1 aromatic carbocycles. The molecule has 2 heterocycles. The van der Waals surface area contributed by atoms with E-state index in [4.69, 9.17) is 9.84 Å². The zero-order valence-corrected chi connectivity index (χ0v) is 18.4. The van der Waals surface area contributed by atoms with Crippen molar-refractivity contribution in [2.45, 2.75) is 45.6 Å².